The van der Waals surface area contributed by atoms with E-state index in [4.69, 9.17) is 34.8 Å². The number of rotatable bonds is 11. The summed E-state index contributed by atoms with van der Waals surface area (Å²) in [5.41, 5.74) is 1.57. The molecule has 0 heterocycles. The molecule has 0 saturated heterocycles. The normalized spacial score (nSPS) is 11.8. The van der Waals surface area contributed by atoms with E-state index >= 15 is 0 Å². The van der Waals surface area contributed by atoms with E-state index in [-0.39, 0.29) is 30.0 Å². The SMILES string of the molecule is CC(C)CNC(=O)C(Cc1ccccc1)N(Cc1c(Cl)cccc1Cl)C(=O)CSc1ccc(Cl)cc1. The molecule has 36 heavy (non-hydrogen) atoms. The van der Waals surface area contributed by atoms with Crippen molar-refractivity contribution in [2.45, 2.75) is 37.8 Å². The summed E-state index contributed by atoms with van der Waals surface area (Å²) < 4.78 is 0. The third kappa shape index (κ3) is 8.45. The Labute approximate surface area is 232 Å². The van der Waals surface area contributed by atoms with Crippen molar-refractivity contribution in [3.63, 3.8) is 0 Å². The predicted molar refractivity (Wildman–Crippen MR) is 151 cm³/mol. The Bertz CT molecular complexity index is 1140. The van der Waals surface area contributed by atoms with Gasteiger partial charge >= 0.3 is 0 Å². The highest BCUT2D eigenvalue weighted by molar-refractivity contribution is 8.00. The van der Waals surface area contributed by atoms with Gasteiger partial charge in [0.05, 0.1) is 5.75 Å². The van der Waals surface area contributed by atoms with Crippen LogP contribution in [0.5, 0.6) is 0 Å². The topological polar surface area (TPSA) is 49.4 Å². The standard InChI is InChI=1S/C28H29Cl3N2O2S/c1-19(2)16-32-28(35)26(15-20-7-4-3-5-8-20)33(17-23-24(30)9-6-10-25(23)31)27(34)18-36-22-13-11-21(29)12-14-22/h3-14,19,26H,15-18H2,1-2H3,(H,32,35). The maximum absolute atomic E-state index is 13.7. The average molecular weight is 564 g/mol. The van der Waals surface area contributed by atoms with Gasteiger partial charge in [-0.25, -0.2) is 0 Å². The van der Waals surface area contributed by atoms with Crippen LogP contribution in [0.3, 0.4) is 0 Å². The number of nitrogens with zero attached hydrogens (tertiary/aromatic N) is 1. The summed E-state index contributed by atoms with van der Waals surface area (Å²) in [6, 6.07) is 21.5. The minimum absolute atomic E-state index is 0.116. The molecule has 1 N–H and O–H groups in total. The number of benzene rings is 3. The van der Waals surface area contributed by atoms with Crippen molar-refractivity contribution >= 4 is 58.4 Å². The first kappa shape index (κ1) is 28.4. The smallest absolute Gasteiger partial charge is 0.243 e. The first-order chi connectivity index (χ1) is 17.2. The molecule has 1 unspecified atom stereocenters. The van der Waals surface area contributed by atoms with Crippen LogP contribution in [0.2, 0.25) is 15.1 Å². The van der Waals surface area contributed by atoms with E-state index in [1.165, 1.54) is 11.8 Å². The zero-order valence-corrected chi connectivity index (χ0v) is 23.3. The Morgan fingerprint density at radius 3 is 2.14 bits per heavy atom. The zero-order chi connectivity index (χ0) is 26.1. The molecule has 3 aromatic rings. The lowest BCUT2D eigenvalue weighted by molar-refractivity contribution is -0.139. The minimum atomic E-state index is -0.739. The molecule has 0 aliphatic rings. The minimum Gasteiger partial charge on any atom is -0.354 e. The van der Waals surface area contributed by atoms with Crippen LogP contribution in [0.4, 0.5) is 0 Å². The number of amides is 2. The summed E-state index contributed by atoms with van der Waals surface area (Å²) >= 11 is 20.3. The van der Waals surface area contributed by atoms with Crippen LogP contribution >= 0.6 is 46.6 Å². The second-order valence-electron chi connectivity index (χ2n) is 8.81. The van der Waals surface area contributed by atoms with Crippen LogP contribution in [0.15, 0.2) is 77.7 Å². The maximum atomic E-state index is 13.7. The number of halogens is 3. The van der Waals surface area contributed by atoms with Gasteiger partial charge in [-0.1, -0.05) is 85.0 Å². The highest BCUT2D eigenvalue weighted by Gasteiger charge is 2.31. The summed E-state index contributed by atoms with van der Waals surface area (Å²) in [5.74, 6) is 0.0213. The van der Waals surface area contributed by atoms with Gasteiger partial charge in [-0.2, -0.15) is 0 Å². The molecule has 8 heteroatoms. The molecule has 3 aromatic carbocycles. The van der Waals surface area contributed by atoms with Gasteiger partial charge in [-0.05, 0) is 47.9 Å². The molecular formula is C28H29Cl3N2O2S. The van der Waals surface area contributed by atoms with Gasteiger partial charge in [0.2, 0.25) is 11.8 Å². The Morgan fingerprint density at radius 2 is 1.53 bits per heavy atom. The number of thioether (sulfide) groups is 1. The van der Waals surface area contributed by atoms with Crippen molar-refractivity contribution in [2.75, 3.05) is 12.3 Å². The molecule has 0 aliphatic heterocycles. The molecule has 0 radical (unpaired) electrons. The fraction of sp³-hybridized carbons (Fsp3) is 0.286. The highest BCUT2D eigenvalue weighted by atomic mass is 35.5. The van der Waals surface area contributed by atoms with Crippen LogP contribution in [0, 0.1) is 5.92 Å². The van der Waals surface area contributed by atoms with E-state index in [9.17, 15) is 9.59 Å². The van der Waals surface area contributed by atoms with Crippen molar-refractivity contribution in [1.29, 1.82) is 0 Å². The van der Waals surface area contributed by atoms with Crippen LogP contribution in [0.1, 0.15) is 25.0 Å². The molecule has 0 saturated carbocycles. The molecule has 0 aliphatic carbocycles. The van der Waals surface area contributed by atoms with Gasteiger partial charge in [-0.3, -0.25) is 9.59 Å². The summed E-state index contributed by atoms with van der Waals surface area (Å²) in [5, 5.41) is 4.54. The van der Waals surface area contributed by atoms with E-state index in [1.54, 1.807) is 35.2 Å². The van der Waals surface area contributed by atoms with Crippen LogP contribution in [-0.4, -0.2) is 35.1 Å². The van der Waals surface area contributed by atoms with Crippen molar-refractivity contribution in [3.05, 3.63) is 99.0 Å². The Hall–Kier alpha value is -2.18. The van der Waals surface area contributed by atoms with E-state index in [0.29, 0.717) is 33.6 Å². The van der Waals surface area contributed by atoms with Crippen LogP contribution in [-0.2, 0) is 22.6 Å². The first-order valence-electron chi connectivity index (χ1n) is 11.7. The maximum Gasteiger partial charge on any atom is 0.243 e. The summed E-state index contributed by atoms with van der Waals surface area (Å²) in [6.45, 7) is 4.69. The lowest BCUT2D eigenvalue weighted by Crippen LogP contribution is -2.51. The van der Waals surface area contributed by atoms with Gasteiger partial charge in [0.1, 0.15) is 6.04 Å². The van der Waals surface area contributed by atoms with Crippen molar-refractivity contribution in [1.82, 2.24) is 10.2 Å². The third-order valence-corrected chi connectivity index (χ3v) is 7.48. The van der Waals surface area contributed by atoms with Gasteiger partial charge < -0.3 is 10.2 Å². The fourth-order valence-corrected chi connectivity index (χ4v) is 5.02. The number of hydrogen-bond donors (Lipinski definition) is 1. The average Bonchev–Trinajstić information content (AvgIpc) is 2.86. The lowest BCUT2D eigenvalue weighted by atomic mass is 10.0. The Morgan fingerprint density at radius 1 is 0.889 bits per heavy atom. The second-order valence-corrected chi connectivity index (χ2v) is 11.1. The van der Waals surface area contributed by atoms with Crippen molar-refractivity contribution < 1.29 is 9.59 Å². The molecule has 1 atom stereocenters. The number of carbonyl (C=O) groups is 2. The molecule has 2 amide bonds. The molecule has 3 rings (SSSR count). The lowest BCUT2D eigenvalue weighted by Gasteiger charge is -2.32. The Kier molecular flexibility index (Phi) is 11.0. The van der Waals surface area contributed by atoms with Crippen molar-refractivity contribution in [3.8, 4) is 0 Å². The highest BCUT2D eigenvalue weighted by Crippen LogP contribution is 2.28. The van der Waals surface area contributed by atoms with Gasteiger partial charge in [0.25, 0.3) is 0 Å². The molecule has 4 nitrogen and oxygen atoms in total. The monoisotopic (exact) mass is 562 g/mol. The Balaban J connectivity index is 1.94. The quantitative estimate of drug-likeness (QED) is 0.252. The van der Waals surface area contributed by atoms with E-state index in [1.807, 2.05) is 56.3 Å². The summed E-state index contributed by atoms with van der Waals surface area (Å²) in [7, 11) is 0. The molecule has 0 spiro atoms. The van der Waals surface area contributed by atoms with Crippen LogP contribution < -0.4 is 5.32 Å². The molecule has 190 valence electrons. The van der Waals surface area contributed by atoms with Gasteiger partial charge in [0, 0.05) is 45.0 Å². The number of carbonyl (C=O) groups excluding carboxylic acids is 2. The first-order valence-corrected chi connectivity index (χ1v) is 13.8. The van der Waals surface area contributed by atoms with E-state index in [2.05, 4.69) is 5.32 Å². The number of nitrogens with one attached hydrogen (secondary N) is 1. The largest absolute Gasteiger partial charge is 0.354 e. The molecule has 0 aromatic heterocycles. The van der Waals surface area contributed by atoms with Gasteiger partial charge in [0.15, 0.2) is 0 Å². The summed E-state index contributed by atoms with van der Waals surface area (Å²) in [4.78, 5) is 29.7. The van der Waals surface area contributed by atoms with E-state index < -0.39 is 6.04 Å². The predicted octanol–water partition coefficient (Wildman–Crippen LogP) is 7.15. The summed E-state index contributed by atoms with van der Waals surface area (Å²) in [6.07, 6.45) is 0.365. The number of hydrogen-bond acceptors (Lipinski definition) is 3. The molecule has 0 fully saturated rings. The van der Waals surface area contributed by atoms with Crippen LogP contribution in [0.25, 0.3) is 0 Å². The zero-order valence-electron chi connectivity index (χ0n) is 20.2. The molecule has 0 bridgehead atoms. The van der Waals surface area contributed by atoms with E-state index in [0.717, 1.165) is 10.5 Å². The van der Waals surface area contributed by atoms with Gasteiger partial charge in [-0.15, -0.1) is 11.8 Å². The fourth-order valence-electron chi connectivity index (χ4n) is 3.59. The second kappa shape index (κ2) is 13.9. The third-order valence-electron chi connectivity index (χ3n) is 5.52. The van der Waals surface area contributed by atoms with Crippen molar-refractivity contribution in [2.24, 2.45) is 5.92 Å². The molecular weight excluding hydrogens is 535 g/mol.